The lowest BCUT2D eigenvalue weighted by Gasteiger charge is -2.27. The molecule has 0 heterocycles. The second-order valence-corrected chi connectivity index (χ2v) is 15.3. The van der Waals surface area contributed by atoms with Crippen LogP contribution >= 0.6 is 0 Å². The summed E-state index contributed by atoms with van der Waals surface area (Å²) in [6, 6.07) is 0. The third-order valence-corrected chi connectivity index (χ3v) is 4.53. The predicted molar refractivity (Wildman–Crippen MR) is 211 cm³/mol. The minimum atomic E-state index is -1.35. The summed E-state index contributed by atoms with van der Waals surface area (Å²) in [6.07, 6.45) is -1.60. The van der Waals surface area contributed by atoms with Crippen molar-refractivity contribution >= 4 is 42.2 Å². The summed E-state index contributed by atoms with van der Waals surface area (Å²) >= 11 is 0. The van der Waals surface area contributed by atoms with E-state index in [2.05, 4.69) is 33.1 Å². The minimum Gasteiger partial charge on any atom is -0.479 e. The lowest BCUT2D eigenvalue weighted by molar-refractivity contribution is -0.166. The van der Waals surface area contributed by atoms with Crippen molar-refractivity contribution in [1.29, 1.82) is 0 Å². The molecule has 0 spiro atoms. The van der Waals surface area contributed by atoms with Crippen LogP contribution in [-0.4, -0.2) is 119 Å². The average molecular weight is 831 g/mol. The number of ether oxygens (including phenoxy) is 4. The van der Waals surface area contributed by atoms with Crippen molar-refractivity contribution in [2.24, 2.45) is 11.6 Å². The van der Waals surface area contributed by atoms with E-state index in [1.54, 1.807) is 83.1 Å². The molecule has 6 amide bonds. The molecule has 0 aliphatic rings. The number of hydroxylamine groups is 4. The van der Waals surface area contributed by atoms with Crippen molar-refractivity contribution < 1.29 is 72.1 Å². The highest BCUT2D eigenvalue weighted by molar-refractivity contribution is 5.87. The molecular formula is C36H74N6O15. The number of aliphatic carboxylic acids is 1. The average Bonchev–Trinajstić information content (AvgIpc) is 3.00. The number of carbonyl (C=O) groups is 7. The van der Waals surface area contributed by atoms with E-state index < -0.39 is 71.9 Å². The van der Waals surface area contributed by atoms with Gasteiger partial charge in [-0.15, -0.1) is 0 Å². The quantitative estimate of drug-likeness (QED) is 0.118. The third kappa shape index (κ3) is 44.3. The van der Waals surface area contributed by atoms with Crippen molar-refractivity contribution in [2.75, 3.05) is 39.5 Å². The van der Waals surface area contributed by atoms with E-state index in [-0.39, 0.29) is 25.0 Å². The molecule has 21 nitrogen and oxygen atoms in total. The Morgan fingerprint density at radius 3 is 1.00 bits per heavy atom. The molecule has 57 heavy (non-hydrogen) atoms. The standard InChI is InChI=1S/C15H28N2O6.C12H21NO7.C5H12N2O2.C3H9N.CH4/c1-8-9-16-11(18)10-21-17(12(19)22-14(2,3)4)13(20)23-15(5,6)7;1-11(2,3)19-9(16)13(18-7-8(14)15)10(17)20-12(4,5)6;1-2-3-7-5(8)4-9-6;1-2-3-4;/h8-10H2,1-7H3,(H,16,18);7H2,1-6H3,(H,14,15);2-4,6H2,1H3,(H,7,8);2-4H2,1H3;1H4. The lowest BCUT2D eigenvalue weighted by atomic mass is 10.2. The van der Waals surface area contributed by atoms with Crippen LogP contribution in [0.25, 0.3) is 0 Å². The van der Waals surface area contributed by atoms with Gasteiger partial charge in [-0.1, -0.05) is 38.3 Å². The number of hydrogen-bond donors (Lipinski definition) is 5. The molecule has 338 valence electrons. The number of rotatable bonds is 13. The van der Waals surface area contributed by atoms with Crippen LogP contribution in [-0.2, 0) is 47.8 Å². The Kier molecular flexibility index (Phi) is 34.5. The van der Waals surface area contributed by atoms with Crippen LogP contribution in [0.3, 0.4) is 0 Å². The number of carbonyl (C=O) groups excluding carboxylic acids is 6. The maximum absolute atomic E-state index is 12.1. The molecule has 0 rings (SSSR count). The normalized spacial score (nSPS) is 10.8. The van der Waals surface area contributed by atoms with Crippen molar-refractivity contribution in [1.82, 2.24) is 20.8 Å². The predicted octanol–water partition coefficient (Wildman–Crippen LogP) is 5.19. The first-order valence-corrected chi connectivity index (χ1v) is 17.9. The van der Waals surface area contributed by atoms with Gasteiger partial charge in [-0.05, 0) is 109 Å². The number of carboxylic acid groups (broad SMARTS) is 1. The Balaban J connectivity index is -0.000000240. The fourth-order valence-corrected chi connectivity index (χ4v) is 2.52. The topological polar surface area (TPSA) is 287 Å². The number of nitrogens with two attached hydrogens (primary N) is 2. The van der Waals surface area contributed by atoms with Crippen LogP contribution < -0.4 is 22.3 Å². The summed E-state index contributed by atoms with van der Waals surface area (Å²) in [5.74, 6) is 2.67. The van der Waals surface area contributed by atoms with Gasteiger partial charge in [0.05, 0.1) is 0 Å². The van der Waals surface area contributed by atoms with Crippen LogP contribution in [0.5, 0.6) is 0 Å². The van der Waals surface area contributed by atoms with Crippen LogP contribution in [0, 0.1) is 0 Å². The Labute approximate surface area is 338 Å². The highest BCUT2D eigenvalue weighted by atomic mass is 16.8. The van der Waals surface area contributed by atoms with Gasteiger partial charge >= 0.3 is 30.3 Å². The number of amides is 6. The molecule has 0 aliphatic carbocycles. The second kappa shape index (κ2) is 31.7. The Morgan fingerprint density at radius 2 is 0.789 bits per heavy atom. The maximum atomic E-state index is 12.1. The molecule has 0 aromatic carbocycles. The molecular weight excluding hydrogens is 756 g/mol. The van der Waals surface area contributed by atoms with Gasteiger partial charge in [-0.2, -0.15) is 0 Å². The smallest absolute Gasteiger partial charge is 0.444 e. The molecule has 0 radical (unpaired) electrons. The molecule has 0 fully saturated rings. The fraction of sp³-hybridized carbons (Fsp3) is 0.806. The molecule has 0 aromatic heterocycles. The molecule has 0 saturated carbocycles. The van der Waals surface area contributed by atoms with Crippen LogP contribution in [0.15, 0.2) is 0 Å². The van der Waals surface area contributed by atoms with Gasteiger partial charge < -0.3 is 40.4 Å². The monoisotopic (exact) mass is 831 g/mol. The second-order valence-electron chi connectivity index (χ2n) is 15.3. The number of hydrogen-bond acceptors (Lipinski definition) is 16. The summed E-state index contributed by atoms with van der Waals surface area (Å²) in [5, 5.41) is 14.2. The largest absolute Gasteiger partial charge is 0.479 e. The van der Waals surface area contributed by atoms with E-state index in [1.807, 2.05) is 13.8 Å². The van der Waals surface area contributed by atoms with Crippen molar-refractivity contribution in [3.05, 3.63) is 0 Å². The number of imide groups is 2. The molecule has 0 bridgehead atoms. The van der Waals surface area contributed by atoms with Crippen molar-refractivity contribution in [3.63, 3.8) is 0 Å². The SMILES string of the molecule is C.CC(C)(C)OC(=O)N(OCC(=O)O)C(=O)OC(C)(C)C.CCCN.CCCNC(=O)CON.CCCNC(=O)CON(C(=O)OC(C)(C)C)C(=O)OC(C)(C)C. The first kappa shape index (κ1) is 61.9. The number of carboxylic acids is 1. The summed E-state index contributed by atoms with van der Waals surface area (Å²) in [5.41, 5.74) is 1.63. The molecule has 21 heteroatoms. The third-order valence-electron chi connectivity index (χ3n) is 4.53. The lowest BCUT2D eigenvalue weighted by Crippen LogP contribution is -2.45. The fourth-order valence-electron chi connectivity index (χ4n) is 2.52. The Bertz CT molecular complexity index is 1120. The molecule has 0 atom stereocenters. The van der Waals surface area contributed by atoms with Gasteiger partial charge in [0, 0.05) is 13.1 Å². The molecule has 0 unspecified atom stereocenters. The zero-order chi connectivity index (χ0) is 44.9. The van der Waals surface area contributed by atoms with Gasteiger partial charge in [0.2, 0.25) is 11.8 Å². The number of nitrogens with zero attached hydrogens (tertiary/aromatic N) is 2. The summed E-state index contributed by atoms with van der Waals surface area (Å²) in [6.45, 7) is 25.9. The van der Waals surface area contributed by atoms with E-state index in [0.29, 0.717) is 18.2 Å². The molecule has 7 N–H and O–H groups in total. The van der Waals surface area contributed by atoms with Gasteiger partial charge in [0.15, 0.2) is 13.2 Å². The molecule has 0 saturated heterocycles. The zero-order valence-electron chi connectivity index (χ0n) is 36.1. The summed E-state index contributed by atoms with van der Waals surface area (Å²) < 4.78 is 20.0. The van der Waals surface area contributed by atoms with Crippen molar-refractivity contribution in [2.45, 2.75) is 153 Å². The number of nitrogens with one attached hydrogen (secondary N) is 2. The molecule has 0 aromatic rings. The summed E-state index contributed by atoms with van der Waals surface area (Å²) in [4.78, 5) is 93.9. The Morgan fingerprint density at radius 1 is 0.526 bits per heavy atom. The summed E-state index contributed by atoms with van der Waals surface area (Å²) in [7, 11) is 0. The highest BCUT2D eigenvalue weighted by Crippen LogP contribution is 2.16. The maximum Gasteiger partial charge on any atom is 0.444 e. The van der Waals surface area contributed by atoms with Gasteiger partial charge in [0.25, 0.3) is 0 Å². The van der Waals surface area contributed by atoms with E-state index in [9.17, 15) is 33.6 Å². The van der Waals surface area contributed by atoms with Gasteiger partial charge in [-0.3, -0.25) is 14.4 Å². The van der Waals surface area contributed by atoms with E-state index in [1.165, 1.54) is 0 Å². The van der Waals surface area contributed by atoms with E-state index >= 15 is 0 Å². The van der Waals surface area contributed by atoms with Crippen molar-refractivity contribution in [3.8, 4) is 0 Å². The molecule has 0 aliphatic heterocycles. The van der Waals surface area contributed by atoms with Crippen LogP contribution in [0.2, 0.25) is 0 Å². The van der Waals surface area contributed by atoms with E-state index in [4.69, 9.17) is 34.6 Å². The Hall–Kier alpha value is -4.31. The van der Waals surface area contributed by atoms with Crippen LogP contribution in [0.4, 0.5) is 19.2 Å². The van der Waals surface area contributed by atoms with E-state index in [0.717, 1.165) is 25.8 Å². The van der Waals surface area contributed by atoms with Crippen LogP contribution in [0.1, 0.15) is 131 Å². The van der Waals surface area contributed by atoms with Gasteiger partial charge in [-0.25, -0.2) is 39.5 Å². The first-order valence-electron chi connectivity index (χ1n) is 17.9. The zero-order valence-corrected chi connectivity index (χ0v) is 36.1. The highest BCUT2D eigenvalue weighted by Gasteiger charge is 2.34. The first-order chi connectivity index (χ1) is 25.4. The van der Waals surface area contributed by atoms with Gasteiger partial charge in [0.1, 0.15) is 29.0 Å². The minimum absolute atomic E-state index is 0.